The molecular formula is C9H8N2S. The number of nitrogens with one attached hydrogen (secondary N) is 1. The van der Waals surface area contributed by atoms with Crippen molar-refractivity contribution in [2.75, 3.05) is 5.32 Å². The van der Waals surface area contributed by atoms with Gasteiger partial charge in [-0.2, -0.15) is 0 Å². The van der Waals surface area contributed by atoms with Gasteiger partial charge in [0, 0.05) is 17.5 Å². The average Bonchev–Trinajstić information content (AvgIpc) is 2.25. The van der Waals surface area contributed by atoms with E-state index in [2.05, 4.69) is 22.9 Å². The number of benzene rings is 1. The van der Waals surface area contributed by atoms with Crippen molar-refractivity contribution in [1.82, 2.24) is 0 Å². The number of fused-ring (bicyclic) bond motifs is 1. The van der Waals surface area contributed by atoms with Crippen LogP contribution >= 0.6 is 12.6 Å². The van der Waals surface area contributed by atoms with Crippen molar-refractivity contribution in [2.24, 2.45) is 4.99 Å². The highest BCUT2D eigenvalue weighted by molar-refractivity contribution is 7.84. The van der Waals surface area contributed by atoms with E-state index in [0.29, 0.717) is 0 Å². The SMILES string of the molecule is SC1=CN=Cc2ccccc2N1. The highest BCUT2D eigenvalue weighted by Gasteiger charge is 2.01. The molecule has 1 aliphatic heterocycles. The quantitative estimate of drug-likeness (QED) is 0.582. The molecule has 1 aromatic rings. The molecule has 2 rings (SSSR count). The summed E-state index contributed by atoms with van der Waals surface area (Å²) >= 11 is 4.19. The van der Waals surface area contributed by atoms with Crippen LogP contribution in [0.4, 0.5) is 5.69 Å². The fourth-order valence-corrected chi connectivity index (χ4v) is 1.27. The zero-order valence-corrected chi connectivity index (χ0v) is 7.25. The second-order valence-corrected chi connectivity index (χ2v) is 2.99. The van der Waals surface area contributed by atoms with E-state index < -0.39 is 0 Å². The van der Waals surface area contributed by atoms with Crippen molar-refractivity contribution in [1.29, 1.82) is 0 Å². The van der Waals surface area contributed by atoms with Crippen molar-refractivity contribution < 1.29 is 0 Å². The molecule has 12 heavy (non-hydrogen) atoms. The molecule has 0 saturated heterocycles. The Morgan fingerprint density at radius 3 is 3.00 bits per heavy atom. The molecule has 0 amide bonds. The highest BCUT2D eigenvalue weighted by atomic mass is 32.1. The lowest BCUT2D eigenvalue weighted by atomic mass is 10.2. The maximum Gasteiger partial charge on any atom is 0.0881 e. The number of para-hydroxylation sites is 1. The van der Waals surface area contributed by atoms with E-state index in [-0.39, 0.29) is 0 Å². The van der Waals surface area contributed by atoms with Gasteiger partial charge in [-0.3, -0.25) is 4.99 Å². The molecular weight excluding hydrogens is 168 g/mol. The lowest BCUT2D eigenvalue weighted by Gasteiger charge is -2.04. The first-order chi connectivity index (χ1) is 5.86. The topological polar surface area (TPSA) is 24.4 Å². The van der Waals surface area contributed by atoms with Crippen LogP contribution in [-0.2, 0) is 0 Å². The van der Waals surface area contributed by atoms with E-state index in [9.17, 15) is 0 Å². The number of anilines is 1. The smallest absolute Gasteiger partial charge is 0.0881 e. The molecule has 3 heteroatoms. The second kappa shape index (κ2) is 3.03. The average molecular weight is 176 g/mol. The maximum atomic E-state index is 4.19. The van der Waals surface area contributed by atoms with Gasteiger partial charge in [0.1, 0.15) is 0 Å². The molecule has 1 N–H and O–H groups in total. The maximum absolute atomic E-state index is 4.19. The van der Waals surface area contributed by atoms with E-state index in [1.165, 1.54) is 0 Å². The Bertz CT molecular complexity index is 355. The Morgan fingerprint density at radius 1 is 1.25 bits per heavy atom. The van der Waals surface area contributed by atoms with Gasteiger partial charge in [0.25, 0.3) is 0 Å². The summed E-state index contributed by atoms with van der Waals surface area (Å²) in [7, 11) is 0. The summed E-state index contributed by atoms with van der Waals surface area (Å²) in [6.45, 7) is 0. The summed E-state index contributed by atoms with van der Waals surface area (Å²) in [4.78, 5) is 4.07. The van der Waals surface area contributed by atoms with Crippen molar-refractivity contribution in [2.45, 2.75) is 0 Å². The van der Waals surface area contributed by atoms with Gasteiger partial charge in [-0.1, -0.05) is 18.2 Å². The summed E-state index contributed by atoms with van der Waals surface area (Å²) in [6, 6.07) is 7.96. The lowest BCUT2D eigenvalue weighted by Crippen LogP contribution is -1.94. The van der Waals surface area contributed by atoms with Crippen molar-refractivity contribution >= 4 is 24.5 Å². The molecule has 0 aromatic heterocycles. The van der Waals surface area contributed by atoms with Gasteiger partial charge in [-0.15, -0.1) is 12.6 Å². The molecule has 0 fully saturated rings. The lowest BCUT2D eigenvalue weighted by molar-refractivity contribution is 1.53. The Balaban J connectivity index is 2.49. The third-order valence-corrected chi connectivity index (χ3v) is 1.86. The van der Waals surface area contributed by atoms with Crippen LogP contribution < -0.4 is 5.32 Å². The minimum Gasteiger partial charge on any atom is -0.349 e. The molecule has 60 valence electrons. The van der Waals surface area contributed by atoms with Gasteiger partial charge < -0.3 is 5.32 Å². The molecule has 1 aromatic carbocycles. The van der Waals surface area contributed by atoms with Crippen molar-refractivity contribution in [3.05, 3.63) is 41.1 Å². The van der Waals surface area contributed by atoms with Gasteiger partial charge >= 0.3 is 0 Å². The van der Waals surface area contributed by atoms with Crippen LogP contribution in [0.1, 0.15) is 5.56 Å². The number of hydrogen-bond donors (Lipinski definition) is 2. The van der Waals surface area contributed by atoms with Crippen LogP contribution in [0.15, 0.2) is 40.5 Å². The van der Waals surface area contributed by atoms with Crippen LogP contribution in [0.25, 0.3) is 0 Å². The van der Waals surface area contributed by atoms with Crippen molar-refractivity contribution in [3.8, 4) is 0 Å². The Morgan fingerprint density at radius 2 is 2.08 bits per heavy atom. The van der Waals surface area contributed by atoms with Crippen molar-refractivity contribution in [3.63, 3.8) is 0 Å². The van der Waals surface area contributed by atoms with Gasteiger partial charge in [0.15, 0.2) is 0 Å². The van der Waals surface area contributed by atoms with Crippen LogP contribution in [-0.4, -0.2) is 6.21 Å². The zero-order chi connectivity index (χ0) is 8.39. The summed E-state index contributed by atoms with van der Waals surface area (Å²) in [6.07, 6.45) is 3.49. The van der Waals surface area contributed by atoms with Crippen LogP contribution in [0.2, 0.25) is 0 Å². The molecule has 0 bridgehead atoms. The highest BCUT2D eigenvalue weighted by Crippen LogP contribution is 2.18. The molecule has 0 radical (unpaired) electrons. The molecule has 2 nitrogen and oxygen atoms in total. The number of aliphatic imine (C=N–C) groups is 1. The van der Waals surface area contributed by atoms with E-state index in [0.717, 1.165) is 16.3 Å². The molecule has 0 atom stereocenters. The number of rotatable bonds is 0. The molecule has 0 spiro atoms. The first-order valence-corrected chi connectivity index (χ1v) is 4.09. The first kappa shape index (κ1) is 7.43. The standard InChI is InChI=1S/C9H8N2S/c12-9-6-10-5-7-3-1-2-4-8(7)11-9/h1-6,11-12H. The van der Waals surface area contributed by atoms with Crippen LogP contribution in [0, 0.1) is 0 Å². The Labute approximate surface area is 76.4 Å². The summed E-state index contributed by atoms with van der Waals surface area (Å²) < 4.78 is 0. The number of thiol groups is 1. The Hall–Kier alpha value is -1.22. The number of hydrogen-bond acceptors (Lipinski definition) is 3. The van der Waals surface area contributed by atoms with Crippen LogP contribution in [0.3, 0.4) is 0 Å². The third-order valence-electron chi connectivity index (χ3n) is 1.63. The monoisotopic (exact) mass is 176 g/mol. The molecule has 1 aliphatic rings. The summed E-state index contributed by atoms with van der Waals surface area (Å²) in [5, 5.41) is 3.88. The first-order valence-electron chi connectivity index (χ1n) is 3.64. The zero-order valence-electron chi connectivity index (χ0n) is 6.36. The fourth-order valence-electron chi connectivity index (χ4n) is 1.08. The van der Waals surface area contributed by atoms with E-state index in [1.807, 2.05) is 30.5 Å². The molecule has 0 unspecified atom stereocenters. The Kier molecular flexibility index (Phi) is 1.87. The van der Waals surface area contributed by atoms with Gasteiger partial charge in [0.2, 0.25) is 0 Å². The predicted molar refractivity (Wildman–Crippen MR) is 54.7 cm³/mol. The van der Waals surface area contributed by atoms with E-state index in [4.69, 9.17) is 0 Å². The summed E-state index contributed by atoms with van der Waals surface area (Å²) in [5.74, 6) is 0. The van der Waals surface area contributed by atoms with Crippen LogP contribution in [0.5, 0.6) is 0 Å². The van der Waals surface area contributed by atoms with Gasteiger partial charge in [0.05, 0.1) is 11.2 Å². The normalized spacial score (nSPS) is 14.2. The fraction of sp³-hybridized carbons (Fsp3) is 0. The molecule has 0 saturated carbocycles. The third kappa shape index (κ3) is 1.36. The number of nitrogens with zero attached hydrogens (tertiary/aromatic N) is 1. The molecule has 1 heterocycles. The van der Waals surface area contributed by atoms with Gasteiger partial charge in [-0.25, -0.2) is 0 Å². The largest absolute Gasteiger partial charge is 0.349 e. The second-order valence-electron chi connectivity index (χ2n) is 2.50. The van der Waals surface area contributed by atoms with Gasteiger partial charge in [-0.05, 0) is 6.07 Å². The van der Waals surface area contributed by atoms with E-state index >= 15 is 0 Å². The summed E-state index contributed by atoms with van der Waals surface area (Å²) in [5.41, 5.74) is 2.12. The van der Waals surface area contributed by atoms with E-state index in [1.54, 1.807) is 6.20 Å². The minimum atomic E-state index is 0.760. The predicted octanol–water partition coefficient (Wildman–Crippen LogP) is 2.26. The minimum absolute atomic E-state index is 0.760. The molecule has 0 aliphatic carbocycles.